The first kappa shape index (κ1) is 26.0. The number of aromatic nitrogens is 4. The summed E-state index contributed by atoms with van der Waals surface area (Å²) in [4.78, 5) is 24.7. The number of nitrogens with one attached hydrogen (secondary N) is 2. The molecule has 2 N–H and O–H groups in total. The lowest BCUT2D eigenvalue weighted by Crippen LogP contribution is -2.36. The maximum Gasteiger partial charge on any atom is 0.329 e. The Kier molecular flexibility index (Phi) is 7.95. The van der Waals surface area contributed by atoms with E-state index in [2.05, 4.69) is 39.1 Å². The van der Waals surface area contributed by atoms with Gasteiger partial charge in [0.25, 0.3) is 0 Å². The Bertz CT molecular complexity index is 1430. The Balaban J connectivity index is 1.84. The molecule has 0 saturated heterocycles. The lowest BCUT2D eigenvalue weighted by atomic mass is 9.94. The van der Waals surface area contributed by atoms with Gasteiger partial charge in [-0.1, -0.05) is 44.2 Å². The molecule has 0 bridgehead atoms. The third kappa shape index (κ3) is 6.38. The number of carbonyl (C=O) groups is 1. The smallest absolute Gasteiger partial charge is 0.329 e. The summed E-state index contributed by atoms with van der Waals surface area (Å²) in [5.74, 6) is 0.0381. The number of carbonyl (C=O) groups excluding carboxylic acids is 1. The molecule has 0 fully saturated rings. The van der Waals surface area contributed by atoms with Crippen LogP contribution in [0.15, 0.2) is 90.3 Å². The molecular weight excluding hydrogens is 492 g/mol. The van der Waals surface area contributed by atoms with Crippen LogP contribution in [0.3, 0.4) is 0 Å². The predicted molar refractivity (Wildman–Crippen MR) is 138 cm³/mol. The maximum atomic E-state index is 13.5. The van der Waals surface area contributed by atoms with Gasteiger partial charge in [-0.25, -0.2) is 18.9 Å². The molecule has 0 radical (unpaired) electrons. The number of benzene rings is 1. The molecule has 1 aromatic carbocycles. The van der Waals surface area contributed by atoms with Crippen molar-refractivity contribution in [3.63, 3.8) is 0 Å². The van der Waals surface area contributed by atoms with Gasteiger partial charge >= 0.3 is 5.97 Å². The van der Waals surface area contributed by atoms with Gasteiger partial charge in [-0.05, 0) is 47.4 Å². The second-order valence-corrected chi connectivity index (χ2v) is 10.4. The van der Waals surface area contributed by atoms with Crippen molar-refractivity contribution in [2.45, 2.75) is 43.7 Å². The van der Waals surface area contributed by atoms with E-state index in [0.29, 0.717) is 11.6 Å². The van der Waals surface area contributed by atoms with Crippen molar-refractivity contribution >= 4 is 21.8 Å². The van der Waals surface area contributed by atoms with Crippen molar-refractivity contribution in [2.24, 2.45) is 0 Å². The summed E-state index contributed by atoms with van der Waals surface area (Å²) in [6.45, 7) is 5.48. The summed E-state index contributed by atoms with van der Waals surface area (Å²) < 4.78 is 31.4. The normalized spacial score (nSPS) is 13.2. The second kappa shape index (κ2) is 11.3. The van der Waals surface area contributed by atoms with E-state index in [0.717, 1.165) is 11.1 Å². The highest BCUT2D eigenvalue weighted by molar-refractivity contribution is 7.89. The Morgan fingerprint density at radius 2 is 1.73 bits per heavy atom. The highest BCUT2D eigenvalue weighted by Crippen LogP contribution is 2.34. The lowest BCUT2D eigenvalue weighted by Gasteiger charge is -2.29. The van der Waals surface area contributed by atoms with Gasteiger partial charge in [-0.2, -0.15) is 9.82 Å². The summed E-state index contributed by atoms with van der Waals surface area (Å²) in [5, 5.41) is 4.44. The molecule has 0 aliphatic carbocycles. The quantitative estimate of drug-likeness (QED) is 0.300. The SMILES string of the molecule is CC(=O)ONc1cccc(C(NS(=O)(=O)c2cccnc2)C(c2ccc(C(C)C)cc2)n2cccn2)n1. The average molecular weight is 521 g/mol. The fraction of sp³-hybridized carbons (Fsp3) is 0.231. The van der Waals surface area contributed by atoms with Crippen LogP contribution in [0.5, 0.6) is 0 Å². The number of rotatable bonds is 10. The summed E-state index contributed by atoms with van der Waals surface area (Å²) in [5.41, 5.74) is 4.86. The zero-order chi connectivity index (χ0) is 26.4. The molecule has 192 valence electrons. The van der Waals surface area contributed by atoms with Crippen LogP contribution >= 0.6 is 0 Å². The first-order chi connectivity index (χ1) is 17.7. The number of hydrogen-bond acceptors (Lipinski definition) is 8. The molecule has 0 saturated carbocycles. The lowest BCUT2D eigenvalue weighted by molar-refractivity contribution is -0.138. The molecule has 2 unspecified atom stereocenters. The minimum absolute atomic E-state index is 0.0172. The molecule has 11 heteroatoms. The minimum atomic E-state index is -4.01. The Labute approximate surface area is 215 Å². The maximum absolute atomic E-state index is 13.5. The molecular formula is C26H28N6O4S. The van der Waals surface area contributed by atoms with E-state index in [1.807, 2.05) is 24.3 Å². The highest BCUT2D eigenvalue weighted by atomic mass is 32.2. The van der Waals surface area contributed by atoms with Gasteiger partial charge in [-0.15, -0.1) is 0 Å². The van der Waals surface area contributed by atoms with Gasteiger partial charge in [0.15, 0.2) is 5.82 Å². The van der Waals surface area contributed by atoms with Crippen molar-refractivity contribution in [3.05, 3.63) is 102 Å². The van der Waals surface area contributed by atoms with E-state index in [9.17, 15) is 13.2 Å². The van der Waals surface area contributed by atoms with E-state index in [1.54, 1.807) is 47.4 Å². The van der Waals surface area contributed by atoms with Crippen LogP contribution in [0.2, 0.25) is 0 Å². The van der Waals surface area contributed by atoms with Crippen LogP contribution in [0.1, 0.15) is 55.6 Å². The summed E-state index contributed by atoms with van der Waals surface area (Å²) in [7, 11) is -4.01. The third-order valence-corrected chi connectivity index (χ3v) is 7.11. The van der Waals surface area contributed by atoms with Crippen molar-refractivity contribution in [1.82, 2.24) is 24.5 Å². The van der Waals surface area contributed by atoms with E-state index < -0.39 is 28.1 Å². The number of anilines is 1. The van der Waals surface area contributed by atoms with E-state index in [1.165, 1.54) is 25.4 Å². The largest absolute Gasteiger partial charge is 0.342 e. The van der Waals surface area contributed by atoms with Crippen LogP contribution in [0, 0.1) is 0 Å². The molecule has 0 aliphatic rings. The van der Waals surface area contributed by atoms with Crippen LogP contribution in [0.4, 0.5) is 5.82 Å². The van der Waals surface area contributed by atoms with Crippen LogP contribution < -0.4 is 10.2 Å². The Morgan fingerprint density at radius 3 is 2.35 bits per heavy atom. The van der Waals surface area contributed by atoms with E-state index >= 15 is 0 Å². The summed E-state index contributed by atoms with van der Waals surface area (Å²) in [6, 6.07) is 16.3. The molecule has 37 heavy (non-hydrogen) atoms. The van der Waals surface area contributed by atoms with Crippen LogP contribution in [-0.4, -0.2) is 34.1 Å². The number of sulfonamides is 1. The first-order valence-corrected chi connectivity index (χ1v) is 13.1. The van der Waals surface area contributed by atoms with Gasteiger partial charge in [0, 0.05) is 31.7 Å². The Hall–Kier alpha value is -4.09. The zero-order valence-corrected chi connectivity index (χ0v) is 21.5. The molecule has 0 amide bonds. The molecule has 3 aromatic heterocycles. The molecule has 4 rings (SSSR count). The molecule has 0 spiro atoms. The van der Waals surface area contributed by atoms with Gasteiger partial charge < -0.3 is 4.84 Å². The molecule has 10 nitrogen and oxygen atoms in total. The standard InChI is InChI=1S/C26H28N6O4S/c1-18(2)20-10-12-21(13-11-20)26(32-16-6-15-28-32)25(31-37(34,35)22-7-5-14-27-17-22)23-8-4-9-24(29-23)30-36-19(3)33/h4-18,25-26,31H,1-3H3,(H,29,30). The number of nitrogens with zero attached hydrogens (tertiary/aromatic N) is 4. The number of hydrogen-bond donors (Lipinski definition) is 2. The van der Waals surface area contributed by atoms with Gasteiger partial charge in [0.05, 0.1) is 17.8 Å². The first-order valence-electron chi connectivity index (χ1n) is 11.7. The van der Waals surface area contributed by atoms with Crippen molar-refractivity contribution < 1.29 is 18.0 Å². The summed E-state index contributed by atoms with van der Waals surface area (Å²) in [6.07, 6.45) is 6.19. The van der Waals surface area contributed by atoms with E-state index in [-0.39, 0.29) is 10.7 Å². The van der Waals surface area contributed by atoms with Gasteiger partial charge in [0.1, 0.15) is 4.90 Å². The molecule has 3 heterocycles. The zero-order valence-electron chi connectivity index (χ0n) is 20.6. The third-order valence-electron chi connectivity index (χ3n) is 5.69. The topological polar surface area (TPSA) is 128 Å². The second-order valence-electron chi connectivity index (χ2n) is 8.68. The minimum Gasteiger partial charge on any atom is -0.342 e. The van der Waals surface area contributed by atoms with Crippen molar-refractivity contribution in [1.29, 1.82) is 0 Å². The van der Waals surface area contributed by atoms with Gasteiger partial charge in [-0.3, -0.25) is 14.5 Å². The van der Waals surface area contributed by atoms with Gasteiger partial charge in [0.2, 0.25) is 10.0 Å². The average Bonchev–Trinajstić information content (AvgIpc) is 3.42. The van der Waals surface area contributed by atoms with Crippen LogP contribution in [-0.2, 0) is 19.7 Å². The monoisotopic (exact) mass is 520 g/mol. The van der Waals surface area contributed by atoms with Crippen LogP contribution in [0.25, 0.3) is 0 Å². The molecule has 2 atom stereocenters. The van der Waals surface area contributed by atoms with E-state index in [4.69, 9.17) is 4.84 Å². The predicted octanol–water partition coefficient (Wildman–Crippen LogP) is 4.00. The number of pyridine rings is 2. The van der Waals surface area contributed by atoms with Crippen molar-refractivity contribution in [3.8, 4) is 0 Å². The highest BCUT2D eigenvalue weighted by Gasteiger charge is 2.33. The van der Waals surface area contributed by atoms with Crippen molar-refractivity contribution in [2.75, 3.05) is 5.48 Å². The fourth-order valence-corrected chi connectivity index (χ4v) is 5.03. The fourth-order valence-electron chi connectivity index (χ4n) is 3.85. The molecule has 4 aromatic rings. The summed E-state index contributed by atoms with van der Waals surface area (Å²) >= 11 is 0. The molecule has 0 aliphatic heterocycles. The Morgan fingerprint density at radius 1 is 0.973 bits per heavy atom.